The third kappa shape index (κ3) is 4.66. The van der Waals surface area contributed by atoms with Gasteiger partial charge >= 0.3 is 6.18 Å². The summed E-state index contributed by atoms with van der Waals surface area (Å²) in [7, 11) is 0. The molecule has 2 aromatic rings. The van der Waals surface area contributed by atoms with E-state index in [0.29, 0.717) is 0 Å². The second-order valence-electron chi connectivity index (χ2n) is 4.73. The normalized spacial score (nSPS) is 11.7. The molecular formula is C16H10Cl2F3NO2. The van der Waals surface area contributed by atoms with Crippen LogP contribution in [0.1, 0.15) is 11.1 Å². The van der Waals surface area contributed by atoms with Crippen LogP contribution in [0.4, 0.5) is 18.9 Å². The molecule has 0 heterocycles. The van der Waals surface area contributed by atoms with E-state index in [1.165, 1.54) is 30.3 Å². The van der Waals surface area contributed by atoms with Crippen molar-refractivity contribution in [2.24, 2.45) is 0 Å². The number of alkyl halides is 3. The predicted molar refractivity (Wildman–Crippen MR) is 87.2 cm³/mol. The second-order valence-corrected chi connectivity index (χ2v) is 5.55. The average Bonchev–Trinajstić information content (AvgIpc) is 2.50. The maximum atomic E-state index is 12.6. The Morgan fingerprint density at radius 1 is 1.12 bits per heavy atom. The lowest BCUT2D eigenvalue weighted by Crippen LogP contribution is -2.08. The quantitative estimate of drug-likeness (QED) is 0.559. The van der Waals surface area contributed by atoms with Crippen molar-refractivity contribution in [1.29, 1.82) is 0 Å². The Hall–Kier alpha value is -2.18. The lowest BCUT2D eigenvalue weighted by molar-refractivity contribution is -0.137. The number of nitrogens with one attached hydrogen (secondary N) is 1. The number of halogens is 5. The van der Waals surface area contributed by atoms with Gasteiger partial charge in [-0.25, -0.2) is 0 Å². The fourth-order valence-corrected chi connectivity index (χ4v) is 2.30. The Kier molecular flexibility index (Phi) is 5.41. The predicted octanol–water partition coefficient (Wildman–Crippen LogP) is 5.37. The Morgan fingerprint density at radius 3 is 2.33 bits per heavy atom. The largest absolute Gasteiger partial charge is 0.505 e. The molecule has 0 saturated heterocycles. The molecule has 2 aromatic carbocycles. The number of anilines is 1. The molecule has 0 radical (unpaired) electrons. The summed E-state index contributed by atoms with van der Waals surface area (Å²) in [6.07, 6.45) is -2.13. The van der Waals surface area contributed by atoms with Gasteiger partial charge in [0.05, 0.1) is 15.6 Å². The number of benzene rings is 2. The fraction of sp³-hybridized carbons (Fsp3) is 0.0625. The monoisotopic (exact) mass is 375 g/mol. The first-order valence-electron chi connectivity index (χ1n) is 6.51. The smallest absolute Gasteiger partial charge is 0.416 e. The first-order chi connectivity index (χ1) is 11.2. The highest BCUT2D eigenvalue weighted by Gasteiger charge is 2.30. The van der Waals surface area contributed by atoms with Crippen LogP contribution in [0.3, 0.4) is 0 Å². The molecule has 0 aliphatic heterocycles. The number of amides is 1. The third-order valence-corrected chi connectivity index (χ3v) is 3.50. The van der Waals surface area contributed by atoms with E-state index in [1.54, 1.807) is 0 Å². The number of hydrogen-bond acceptors (Lipinski definition) is 2. The van der Waals surface area contributed by atoms with Crippen molar-refractivity contribution in [2.45, 2.75) is 6.18 Å². The molecule has 1 amide bonds. The maximum Gasteiger partial charge on any atom is 0.416 e. The van der Waals surface area contributed by atoms with Gasteiger partial charge in [0.25, 0.3) is 0 Å². The second kappa shape index (κ2) is 7.15. The van der Waals surface area contributed by atoms with Gasteiger partial charge in [0.2, 0.25) is 5.91 Å². The molecule has 0 atom stereocenters. The molecule has 2 N–H and O–H groups in total. The number of aromatic hydroxyl groups is 1. The van der Waals surface area contributed by atoms with Crippen molar-refractivity contribution in [3.05, 3.63) is 63.6 Å². The van der Waals surface area contributed by atoms with Gasteiger partial charge in [0.15, 0.2) is 5.75 Å². The van der Waals surface area contributed by atoms with E-state index in [0.717, 1.165) is 18.2 Å². The molecule has 2 rings (SSSR count). The van der Waals surface area contributed by atoms with E-state index in [2.05, 4.69) is 5.32 Å². The zero-order valence-corrected chi connectivity index (χ0v) is 13.4. The highest BCUT2D eigenvalue weighted by molar-refractivity contribution is 6.37. The summed E-state index contributed by atoms with van der Waals surface area (Å²) >= 11 is 11.5. The molecule has 0 spiro atoms. The zero-order chi connectivity index (χ0) is 17.9. The van der Waals surface area contributed by atoms with Crippen molar-refractivity contribution in [3.63, 3.8) is 0 Å². The number of phenols is 1. The topological polar surface area (TPSA) is 49.3 Å². The Balaban J connectivity index is 2.11. The van der Waals surface area contributed by atoms with Crippen LogP contribution in [0.5, 0.6) is 5.75 Å². The minimum Gasteiger partial charge on any atom is -0.505 e. The van der Waals surface area contributed by atoms with Crippen molar-refractivity contribution in [2.75, 3.05) is 5.32 Å². The molecule has 0 unspecified atom stereocenters. The summed E-state index contributed by atoms with van der Waals surface area (Å²) in [5.74, 6) is -0.902. The maximum absolute atomic E-state index is 12.6. The summed E-state index contributed by atoms with van der Waals surface area (Å²) < 4.78 is 37.8. The van der Waals surface area contributed by atoms with Gasteiger partial charge in [-0.15, -0.1) is 0 Å². The van der Waals surface area contributed by atoms with Crippen molar-refractivity contribution in [1.82, 2.24) is 0 Å². The average molecular weight is 376 g/mol. The first-order valence-corrected chi connectivity index (χ1v) is 7.27. The molecular weight excluding hydrogens is 366 g/mol. The van der Waals surface area contributed by atoms with Crippen molar-refractivity contribution < 1.29 is 23.1 Å². The van der Waals surface area contributed by atoms with Crippen LogP contribution in [0.2, 0.25) is 10.0 Å². The molecule has 0 saturated carbocycles. The van der Waals surface area contributed by atoms with Gasteiger partial charge in [0.1, 0.15) is 0 Å². The summed E-state index contributed by atoms with van der Waals surface area (Å²) in [5, 5.41) is 11.8. The minimum absolute atomic E-state index is 0.0420. The van der Waals surface area contributed by atoms with E-state index in [-0.39, 0.29) is 27.0 Å². The fourth-order valence-electron chi connectivity index (χ4n) is 1.81. The van der Waals surface area contributed by atoms with Gasteiger partial charge in [-0.3, -0.25) is 4.79 Å². The van der Waals surface area contributed by atoms with Gasteiger partial charge in [0, 0.05) is 11.8 Å². The van der Waals surface area contributed by atoms with Crippen LogP contribution in [0, 0.1) is 0 Å². The highest BCUT2D eigenvalue weighted by atomic mass is 35.5. The molecule has 3 nitrogen and oxygen atoms in total. The van der Waals surface area contributed by atoms with E-state index in [9.17, 15) is 23.1 Å². The van der Waals surface area contributed by atoms with Crippen molar-refractivity contribution >= 4 is 40.9 Å². The van der Waals surface area contributed by atoms with E-state index in [4.69, 9.17) is 23.2 Å². The molecule has 0 bridgehead atoms. The minimum atomic E-state index is -4.45. The Morgan fingerprint density at radius 2 is 1.75 bits per heavy atom. The van der Waals surface area contributed by atoms with Gasteiger partial charge < -0.3 is 10.4 Å². The van der Waals surface area contributed by atoms with Crippen LogP contribution in [-0.2, 0) is 11.0 Å². The number of phenolic OH excluding ortho intramolecular Hbond substituents is 1. The number of rotatable bonds is 3. The molecule has 8 heteroatoms. The standard InChI is InChI=1S/C16H10Cl2F3NO2/c17-12-7-11(8-13(18)15(12)24)22-14(23)5-4-9-2-1-3-10(6-9)16(19,20)21/h1-8,24H,(H,22,23)/b5-4-. The van der Waals surface area contributed by atoms with E-state index in [1.807, 2.05) is 0 Å². The van der Waals surface area contributed by atoms with Crippen LogP contribution in [-0.4, -0.2) is 11.0 Å². The van der Waals surface area contributed by atoms with Gasteiger partial charge in [-0.05, 0) is 35.9 Å². The van der Waals surface area contributed by atoms with Crippen molar-refractivity contribution in [3.8, 4) is 5.75 Å². The van der Waals surface area contributed by atoms with Gasteiger partial charge in [-0.1, -0.05) is 35.3 Å². The van der Waals surface area contributed by atoms with Crippen LogP contribution < -0.4 is 5.32 Å². The number of carbonyl (C=O) groups is 1. The Labute approximate surface area is 145 Å². The summed E-state index contributed by atoms with van der Waals surface area (Å²) in [4.78, 5) is 11.8. The Bertz CT molecular complexity index is 781. The third-order valence-electron chi connectivity index (χ3n) is 2.93. The molecule has 0 aliphatic rings. The molecule has 0 fully saturated rings. The highest BCUT2D eigenvalue weighted by Crippen LogP contribution is 2.34. The summed E-state index contributed by atoms with van der Waals surface area (Å²) in [6, 6.07) is 7.14. The molecule has 24 heavy (non-hydrogen) atoms. The van der Waals surface area contributed by atoms with Gasteiger partial charge in [-0.2, -0.15) is 13.2 Å². The lowest BCUT2D eigenvalue weighted by atomic mass is 10.1. The SMILES string of the molecule is O=C(/C=C\c1cccc(C(F)(F)F)c1)Nc1cc(Cl)c(O)c(Cl)c1. The number of carbonyl (C=O) groups excluding carboxylic acids is 1. The molecule has 0 aliphatic carbocycles. The molecule has 126 valence electrons. The first kappa shape index (κ1) is 18.2. The van der Waals surface area contributed by atoms with E-state index >= 15 is 0 Å². The van der Waals surface area contributed by atoms with Crippen LogP contribution >= 0.6 is 23.2 Å². The lowest BCUT2D eigenvalue weighted by Gasteiger charge is -2.07. The van der Waals surface area contributed by atoms with Crippen LogP contribution in [0.25, 0.3) is 6.08 Å². The van der Waals surface area contributed by atoms with Crippen LogP contribution in [0.15, 0.2) is 42.5 Å². The molecule has 0 aromatic heterocycles. The zero-order valence-electron chi connectivity index (χ0n) is 11.9. The summed E-state index contributed by atoms with van der Waals surface area (Å²) in [6.45, 7) is 0. The summed E-state index contributed by atoms with van der Waals surface area (Å²) in [5.41, 5.74) is -0.342. The van der Waals surface area contributed by atoms with E-state index < -0.39 is 17.6 Å². The number of hydrogen-bond donors (Lipinski definition) is 2.